The van der Waals surface area contributed by atoms with Crippen molar-refractivity contribution >= 4 is 37.8 Å². The normalized spacial score (nSPS) is 11.3. The van der Waals surface area contributed by atoms with Gasteiger partial charge in [-0.05, 0) is 37.4 Å². The molecule has 1 N–H and O–H groups in total. The van der Waals surface area contributed by atoms with Crippen molar-refractivity contribution in [2.24, 2.45) is 0 Å². The number of hydrogen-bond donors (Lipinski definition) is 1. The van der Waals surface area contributed by atoms with Crippen LogP contribution >= 0.6 is 27.2 Å². The third-order valence-electron chi connectivity index (χ3n) is 2.90. The number of benzene rings is 2. The standard InChI is InChI=1S/C15H14F3OP.2ClH.Ti/c1-9-4-6-13(11(7-9)15(16,17)18)20-14-8-10(2)3-5-12(14)19;;;/h3-8,19-20H,1-2H3;2*1H;/q;;;+2/p-2. The van der Waals surface area contributed by atoms with Crippen LogP contribution in [0, 0.1) is 13.8 Å². The molecule has 2 rings (SSSR count). The van der Waals surface area contributed by atoms with Crippen molar-refractivity contribution in [2.45, 2.75) is 20.0 Å². The molecule has 0 aliphatic rings. The Morgan fingerprint density at radius 1 is 0.957 bits per heavy atom. The van der Waals surface area contributed by atoms with Gasteiger partial charge in [-0.15, -0.1) is 0 Å². The minimum atomic E-state index is -4.38. The van der Waals surface area contributed by atoms with E-state index < -0.39 is 28.8 Å². The average Bonchev–Trinajstić information content (AvgIpc) is 2.44. The topological polar surface area (TPSA) is 20.2 Å². The Bertz CT molecular complexity index is 666. The van der Waals surface area contributed by atoms with E-state index in [4.69, 9.17) is 18.6 Å². The number of hydrogen-bond acceptors (Lipinski definition) is 1. The summed E-state index contributed by atoms with van der Waals surface area (Å²) in [7, 11) is 9.55. The van der Waals surface area contributed by atoms with Crippen LogP contribution in [0.3, 0.4) is 0 Å². The SMILES string of the molecule is Cc1ccc(O)c(Pc2ccc(C)cc2C(F)(F)F)c1.[Cl][Ti][Cl]. The summed E-state index contributed by atoms with van der Waals surface area (Å²) in [5.74, 6) is 0.0302. The summed E-state index contributed by atoms with van der Waals surface area (Å²) in [5.41, 5.74) is 0.849. The summed E-state index contributed by atoms with van der Waals surface area (Å²) in [4.78, 5) is 0. The van der Waals surface area contributed by atoms with E-state index >= 15 is 0 Å². The molecule has 0 aliphatic carbocycles. The summed E-state index contributed by atoms with van der Waals surface area (Å²) in [6.45, 7) is 3.47. The van der Waals surface area contributed by atoms with Gasteiger partial charge in [0.2, 0.25) is 0 Å². The van der Waals surface area contributed by atoms with Gasteiger partial charge in [-0.1, -0.05) is 37.9 Å². The van der Waals surface area contributed by atoms with E-state index in [1.807, 2.05) is 6.92 Å². The molecule has 0 amide bonds. The summed E-state index contributed by atoms with van der Waals surface area (Å²) in [6, 6.07) is 9.24. The van der Waals surface area contributed by atoms with Crippen molar-refractivity contribution in [3.05, 3.63) is 53.1 Å². The van der Waals surface area contributed by atoms with Gasteiger partial charge in [0, 0.05) is 5.30 Å². The second kappa shape index (κ2) is 9.29. The van der Waals surface area contributed by atoms with Gasteiger partial charge >= 0.3 is 41.8 Å². The van der Waals surface area contributed by atoms with Gasteiger partial charge in [-0.25, -0.2) is 0 Å². The fraction of sp³-hybridized carbons (Fsp3) is 0.200. The number of aryl methyl sites for hydroxylation is 2. The molecule has 0 saturated carbocycles. The predicted octanol–water partition coefficient (Wildman–Crippen LogP) is 5.03. The molecule has 2 aromatic rings. The first-order valence-corrected chi connectivity index (χ1v) is 11.7. The van der Waals surface area contributed by atoms with Gasteiger partial charge < -0.3 is 5.11 Å². The Balaban J connectivity index is 0.000000816. The Hall–Kier alpha value is -0.246. The molecule has 0 radical (unpaired) electrons. The monoisotopic (exact) mass is 416 g/mol. The van der Waals surface area contributed by atoms with Crippen LogP contribution in [0.2, 0.25) is 0 Å². The molecule has 0 saturated heterocycles. The van der Waals surface area contributed by atoms with Crippen LogP contribution in [0.25, 0.3) is 0 Å². The molecule has 0 spiro atoms. The van der Waals surface area contributed by atoms with Gasteiger partial charge in [0.1, 0.15) is 5.75 Å². The van der Waals surface area contributed by atoms with E-state index in [2.05, 4.69) is 0 Å². The maximum atomic E-state index is 13.1. The molecule has 23 heavy (non-hydrogen) atoms. The van der Waals surface area contributed by atoms with Gasteiger partial charge in [0.15, 0.2) is 0 Å². The number of phenolic OH excluding ortho intramolecular Hbond substituents is 1. The van der Waals surface area contributed by atoms with Crippen molar-refractivity contribution in [1.82, 2.24) is 0 Å². The zero-order valence-corrected chi connectivity index (χ0v) is 16.4. The van der Waals surface area contributed by atoms with E-state index in [1.165, 1.54) is 12.1 Å². The van der Waals surface area contributed by atoms with Crippen LogP contribution in [0.1, 0.15) is 16.7 Å². The van der Waals surface area contributed by atoms with Gasteiger partial charge in [-0.2, -0.15) is 13.2 Å². The number of aromatic hydroxyl groups is 1. The average molecular weight is 417 g/mol. The Morgan fingerprint density at radius 3 is 2.04 bits per heavy atom. The summed E-state index contributed by atoms with van der Waals surface area (Å²) < 4.78 is 39.2. The molecule has 124 valence electrons. The van der Waals surface area contributed by atoms with E-state index in [1.54, 1.807) is 25.1 Å². The molecular weight excluding hydrogens is 403 g/mol. The molecule has 8 heteroatoms. The molecule has 0 fully saturated rings. The van der Waals surface area contributed by atoms with Crippen molar-refractivity contribution in [3.63, 3.8) is 0 Å². The van der Waals surface area contributed by atoms with E-state index in [-0.39, 0.29) is 19.6 Å². The molecule has 1 unspecified atom stereocenters. The van der Waals surface area contributed by atoms with Crippen molar-refractivity contribution < 1.29 is 35.3 Å². The second-order valence-corrected chi connectivity index (χ2v) is 8.67. The maximum absolute atomic E-state index is 13.1. The van der Waals surface area contributed by atoms with Crippen LogP contribution in [0.4, 0.5) is 13.2 Å². The van der Waals surface area contributed by atoms with Gasteiger partial charge in [0.25, 0.3) is 0 Å². The third kappa shape index (κ3) is 6.64. The van der Waals surface area contributed by atoms with Crippen molar-refractivity contribution in [2.75, 3.05) is 0 Å². The van der Waals surface area contributed by atoms with E-state index in [0.29, 0.717) is 10.9 Å². The molecule has 1 nitrogen and oxygen atoms in total. The van der Waals surface area contributed by atoms with E-state index in [9.17, 15) is 18.3 Å². The zero-order chi connectivity index (χ0) is 17.6. The van der Waals surface area contributed by atoms with Crippen LogP contribution in [-0.2, 0) is 23.2 Å². The first-order chi connectivity index (χ1) is 10.7. The zero-order valence-electron chi connectivity index (χ0n) is 12.3. The summed E-state index contributed by atoms with van der Waals surface area (Å²) >= 11 is -0.556. The first-order valence-electron chi connectivity index (χ1n) is 6.39. The number of alkyl halides is 3. The molecule has 2 aromatic carbocycles. The minimum absolute atomic E-state index is 0.0302. The number of phenols is 1. The Kier molecular flexibility index (Phi) is 8.40. The Morgan fingerprint density at radius 2 is 1.48 bits per heavy atom. The third-order valence-corrected chi connectivity index (χ3v) is 4.28. The fourth-order valence-corrected chi connectivity index (χ4v) is 3.21. The van der Waals surface area contributed by atoms with Crippen molar-refractivity contribution in [3.8, 4) is 5.75 Å². The van der Waals surface area contributed by atoms with Crippen LogP contribution < -0.4 is 10.6 Å². The van der Waals surface area contributed by atoms with Crippen LogP contribution in [0.15, 0.2) is 36.4 Å². The van der Waals surface area contributed by atoms with Crippen LogP contribution in [-0.4, -0.2) is 5.11 Å². The van der Waals surface area contributed by atoms with Crippen molar-refractivity contribution in [1.29, 1.82) is 0 Å². The quantitative estimate of drug-likeness (QED) is 0.537. The van der Waals surface area contributed by atoms with Gasteiger partial charge in [0.05, 0.1) is 5.56 Å². The summed E-state index contributed by atoms with van der Waals surface area (Å²) in [5, 5.41) is 10.5. The fourth-order valence-electron chi connectivity index (χ4n) is 1.90. The first kappa shape index (κ1) is 20.8. The summed E-state index contributed by atoms with van der Waals surface area (Å²) in [6.07, 6.45) is -4.38. The number of halogens is 5. The molecule has 1 atom stereocenters. The second-order valence-electron chi connectivity index (χ2n) is 4.76. The van der Waals surface area contributed by atoms with Crippen LogP contribution in [0.5, 0.6) is 5.75 Å². The van der Waals surface area contributed by atoms with E-state index in [0.717, 1.165) is 11.6 Å². The predicted molar refractivity (Wildman–Crippen MR) is 88.3 cm³/mol. The number of rotatable bonds is 2. The molecule has 0 heterocycles. The Labute approximate surface area is 151 Å². The molecular formula is C15H14Cl2F3OPTi. The molecule has 0 bridgehead atoms. The molecule has 0 aromatic heterocycles. The molecule has 0 aliphatic heterocycles. The van der Waals surface area contributed by atoms with Gasteiger partial charge in [-0.3, -0.25) is 0 Å².